The molecule has 0 aliphatic heterocycles. The van der Waals surface area contributed by atoms with E-state index >= 15 is 0 Å². The molecule has 0 unspecified atom stereocenters. The maximum atomic E-state index is 6.08. The van der Waals surface area contributed by atoms with Crippen molar-refractivity contribution in [3.63, 3.8) is 0 Å². The van der Waals surface area contributed by atoms with Crippen LogP contribution in [0.1, 0.15) is 5.56 Å². The minimum atomic E-state index is 0.841. The molecule has 0 spiro atoms. The highest BCUT2D eigenvalue weighted by atomic mass is 16.4. The maximum Gasteiger partial charge on any atom is 0.178 e. The summed E-state index contributed by atoms with van der Waals surface area (Å²) in [6.45, 7) is 2.13. The molecule has 3 aromatic carbocycles. The fraction of sp³-hybridized carbons (Fsp3) is 0.0526. The van der Waals surface area contributed by atoms with Crippen LogP contribution in [0.5, 0.6) is 0 Å². The summed E-state index contributed by atoms with van der Waals surface area (Å²) in [5.74, 6) is 0. The Labute approximate surface area is 120 Å². The maximum absolute atomic E-state index is 6.08. The molecule has 0 amide bonds. The highest BCUT2D eigenvalue weighted by molar-refractivity contribution is 6.20. The molecule has 2 aromatic heterocycles. The predicted octanol–water partition coefficient (Wildman–Crippen LogP) is 5.79. The van der Waals surface area contributed by atoms with Gasteiger partial charge < -0.3 is 8.83 Å². The fourth-order valence-electron chi connectivity index (χ4n) is 3.26. The Kier molecular flexibility index (Phi) is 1.92. The van der Waals surface area contributed by atoms with E-state index in [-0.39, 0.29) is 0 Å². The number of benzene rings is 3. The van der Waals surface area contributed by atoms with E-state index in [0.29, 0.717) is 0 Å². The van der Waals surface area contributed by atoms with Crippen LogP contribution in [0, 0.1) is 6.92 Å². The van der Waals surface area contributed by atoms with Crippen molar-refractivity contribution in [2.75, 3.05) is 0 Å². The molecule has 0 saturated heterocycles. The Bertz CT molecular complexity index is 1140. The Morgan fingerprint density at radius 2 is 1.29 bits per heavy atom. The highest BCUT2D eigenvalue weighted by Crippen LogP contribution is 2.40. The van der Waals surface area contributed by atoms with Crippen molar-refractivity contribution in [2.24, 2.45) is 0 Å². The van der Waals surface area contributed by atoms with Gasteiger partial charge in [-0.2, -0.15) is 0 Å². The number of rotatable bonds is 0. The molecule has 2 nitrogen and oxygen atoms in total. The van der Waals surface area contributed by atoms with Gasteiger partial charge in [-0.25, -0.2) is 0 Å². The minimum absolute atomic E-state index is 0.841. The topological polar surface area (TPSA) is 26.3 Å². The zero-order chi connectivity index (χ0) is 14.0. The molecule has 5 rings (SSSR count). The van der Waals surface area contributed by atoms with Crippen LogP contribution < -0.4 is 0 Å². The van der Waals surface area contributed by atoms with Gasteiger partial charge in [-0.1, -0.05) is 36.4 Å². The van der Waals surface area contributed by atoms with Crippen molar-refractivity contribution in [2.45, 2.75) is 6.92 Å². The van der Waals surface area contributed by atoms with Gasteiger partial charge >= 0.3 is 0 Å². The molecular formula is C19H12O2. The second kappa shape index (κ2) is 3.67. The largest absolute Gasteiger partial charge is 0.452 e. The Balaban J connectivity index is 2.14. The molecule has 0 fully saturated rings. The molecule has 2 heterocycles. The number of hydrogen-bond donors (Lipinski definition) is 0. The predicted molar refractivity (Wildman–Crippen MR) is 85.7 cm³/mol. The smallest absolute Gasteiger partial charge is 0.178 e. The Morgan fingerprint density at radius 1 is 0.667 bits per heavy atom. The van der Waals surface area contributed by atoms with Crippen LogP contribution in [0.4, 0.5) is 0 Å². The molecule has 0 atom stereocenters. The third-order valence-electron chi connectivity index (χ3n) is 4.19. The van der Waals surface area contributed by atoms with Crippen molar-refractivity contribution in [3.05, 3.63) is 60.2 Å². The number of furan rings is 2. The Hall–Kier alpha value is -2.74. The van der Waals surface area contributed by atoms with Crippen molar-refractivity contribution < 1.29 is 8.83 Å². The molecule has 0 aliphatic rings. The molecular weight excluding hydrogens is 260 g/mol. The van der Waals surface area contributed by atoms with Gasteiger partial charge in [0.25, 0.3) is 0 Å². The van der Waals surface area contributed by atoms with E-state index in [1.54, 1.807) is 0 Å². The van der Waals surface area contributed by atoms with E-state index in [1.165, 1.54) is 5.56 Å². The van der Waals surface area contributed by atoms with Crippen molar-refractivity contribution in [1.29, 1.82) is 0 Å². The van der Waals surface area contributed by atoms with E-state index in [1.807, 2.05) is 36.4 Å². The van der Waals surface area contributed by atoms with Gasteiger partial charge in [-0.15, -0.1) is 0 Å². The van der Waals surface area contributed by atoms with E-state index < -0.39 is 0 Å². The van der Waals surface area contributed by atoms with Crippen LogP contribution in [0.15, 0.2) is 63.4 Å². The lowest BCUT2D eigenvalue weighted by Gasteiger charge is -1.97. The number of fused-ring (bicyclic) bond motifs is 7. The number of hydrogen-bond acceptors (Lipinski definition) is 2. The van der Waals surface area contributed by atoms with Gasteiger partial charge in [0, 0.05) is 21.5 Å². The molecule has 0 saturated carbocycles. The lowest BCUT2D eigenvalue weighted by Crippen LogP contribution is -1.76. The van der Waals surface area contributed by atoms with Crippen LogP contribution >= 0.6 is 0 Å². The summed E-state index contributed by atoms with van der Waals surface area (Å²) in [6.07, 6.45) is 0. The van der Waals surface area contributed by atoms with Gasteiger partial charge in [0.1, 0.15) is 11.2 Å². The second-order valence-corrected chi connectivity index (χ2v) is 5.47. The first-order valence-corrected chi connectivity index (χ1v) is 7.05. The quantitative estimate of drug-likeness (QED) is 0.356. The summed E-state index contributed by atoms with van der Waals surface area (Å²) in [5, 5.41) is 4.55. The Morgan fingerprint density at radius 3 is 2.10 bits per heavy atom. The number of aryl methyl sites for hydroxylation is 1. The monoisotopic (exact) mass is 272 g/mol. The van der Waals surface area contributed by atoms with Crippen LogP contribution in [0.2, 0.25) is 0 Å². The molecule has 21 heavy (non-hydrogen) atoms. The molecule has 0 aliphatic carbocycles. The normalized spacial score (nSPS) is 12.0. The molecule has 0 bridgehead atoms. The average molecular weight is 272 g/mol. The first-order valence-electron chi connectivity index (χ1n) is 7.05. The van der Waals surface area contributed by atoms with Gasteiger partial charge in [0.05, 0.1) is 0 Å². The first-order chi connectivity index (χ1) is 10.3. The molecule has 5 aromatic rings. The van der Waals surface area contributed by atoms with Gasteiger partial charge in [-0.3, -0.25) is 0 Å². The third-order valence-corrected chi connectivity index (χ3v) is 4.19. The van der Waals surface area contributed by atoms with Crippen LogP contribution in [0.25, 0.3) is 43.9 Å². The van der Waals surface area contributed by atoms with Crippen molar-refractivity contribution >= 4 is 43.9 Å². The van der Waals surface area contributed by atoms with Crippen LogP contribution in [-0.4, -0.2) is 0 Å². The first kappa shape index (κ1) is 11.0. The summed E-state index contributed by atoms with van der Waals surface area (Å²) in [7, 11) is 0. The zero-order valence-corrected chi connectivity index (χ0v) is 11.5. The lowest BCUT2D eigenvalue weighted by atomic mass is 10.0. The molecule has 0 radical (unpaired) electrons. The summed E-state index contributed by atoms with van der Waals surface area (Å²) < 4.78 is 12.1. The van der Waals surface area contributed by atoms with Gasteiger partial charge in [0.2, 0.25) is 0 Å². The SMILES string of the molecule is Cc1cc2c3ccccc3oc2c2oc3ccccc3c12. The molecule has 0 N–H and O–H groups in total. The average Bonchev–Trinajstić information content (AvgIpc) is 3.06. The third kappa shape index (κ3) is 1.32. The van der Waals surface area contributed by atoms with E-state index in [4.69, 9.17) is 8.83 Å². The van der Waals surface area contributed by atoms with Crippen molar-refractivity contribution in [3.8, 4) is 0 Å². The van der Waals surface area contributed by atoms with Gasteiger partial charge in [0.15, 0.2) is 11.2 Å². The standard InChI is InChI=1S/C19H12O2/c1-11-10-14-12-6-2-4-8-15(12)20-18(14)19-17(11)13-7-3-5-9-16(13)21-19/h2-10H,1H3. The minimum Gasteiger partial charge on any atom is -0.452 e. The second-order valence-electron chi connectivity index (χ2n) is 5.47. The summed E-state index contributed by atoms with van der Waals surface area (Å²) in [4.78, 5) is 0. The summed E-state index contributed by atoms with van der Waals surface area (Å²) in [6, 6.07) is 18.5. The van der Waals surface area contributed by atoms with Crippen molar-refractivity contribution in [1.82, 2.24) is 0 Å². The van der Waals surface area contributed by atoms with E-state index in [0.717, 1.165) is 43.9 Å². The lowest BCUT2D eigenvalue weighted by molar-refractivity contribution is 0.633. The van der Waals surface area contributed by atoms with E-state index in [9.17, 15) is 0 Å². The zero-order valence-electron chi connectivity index (χ0n) is 11.5. The van der Waals surface area contributed by atoms with Gasteiger partial charge in [-0.05, 0) is 30.7 Å². The summed E-state index contributed by atoms with van der Waals surface area (Å²) >= 11 is 0. The molecule has 100 valence electrons. The fourth-order valence-corrected chi connectivity index (χ4v) is 3.26. The van der Waals surface area contributed by atoms with E-state index in [2.05, 4.69) is 25.1 Å². The summed E-state index contributed by atoms with van der Waals surface area (Å²) in [5.41, 5.74) is 4.72. The molecule has 2 heteroatoms. The van der Waals surface area contributed by atoms with Crippen LogP contribution in [-0.2, 0) is 0 Å². The highest BCUT2D eigenvalue weighted by Gasteiger charge is 2.17. The van der Waals surface area contributed by atoms with Crippen LogP contribution in [0.3, 0.4) is 0 Å². The number of para-hydroxylation sites is 2.